The summed E-state index contributed by atoms with van der Waals surface area (Å²) in [4.78, 5) is 14.7. The first-order valence-corrected chi connectivity index (χ1v) is 7.18. The quantitative estimate of drug-likeness (QED) is 0.854. The number of hydrogen-bond acceptors (Lipinski definition) is 2. The van der Waals surface area contributed by atoms with Gasteiger partial charge in [-0.15, -0.1) is 0 Å². The second kappa shape index (κ2) is 6.58. The van der Waals surface area contributed by atoms with E-state index in [1.54, 1.807) is 0 Å². The summed E-state index contributed by atoms with van der Waals surface area (Å²) in [6, 6.07) is 6.07. The number of nitrogens with zero attached hydrogens (tertiary/aromatic N) is 1. The van der Waals surface area contributed by atoms with Crippen LogP contribution in [-0.2, 0) is 0 Å². The molecule has 3 heteroatoms. The van der Waals surface area contributed by atoms with Gasteiger partial charge in [0.15, 0.2) is 0 Å². The van der Waals surface area contributed by atoms with Crippen LogP contribution < -0.4 is 0 Å². The largest absolute Gasteiger partial charge is 0.384 e. The second-order valence-electron chi connectivity index (χ2n) is 5.22. The molecule has 106 valence electrons. The third kappa shape index (κ3) is 3.40. The smallest absolute Gasteiger partial charge is 0.254 e. The van der Waals surface area contributed by atoms with Crippen molar-refractivity contribution in [2.45, 2.75) is 39.2 Å². The number of hydrogen-bond donors (Lipinski definition) is 1. The molecule has 1 aromatic carbocycles. The zero-order valence-corrected chi connectivity index (χ0v) is 12.1. The number of carbonyl (C=O) groups excluding carboxylic acids is 1. The number of aliphatic hydroxyl groups is 1. The van der Waals surface area contributed by atoms with Crippen molar-refractivity contribution in [3.63, 3.8) is 0 Å². The molecular formula is C17H21NO2. The maximum atomic E-state index is 12.7. The minimum atomic E-state index is -0.165. The van der Waals surface area contributed by atoms with Crippen molar-refractivity contribution in [3.05, 3.63) is 34.9 Å². The summed E-state index contributed by atoms with van der Waals surface area (Å²) in [7, 11) is 0. The van der Waals surface area contributed by atoms with E-state index in [0.717, 1.165) is 42.5 Å². The van der Waals surface area contributed by atoms with Crippen LogP contribution in [0.5, 0.6) is 0 Å². The lowest BCUT2D eigenvalue weighted by molar-refractivity contribution is 0.0742. The minimum absolute atomic E-state index is 0.111. The number of aryl methyl sites for hydroxylation is 1. The third-order valence-electron chi connectivity index (χ3n) is 3.49. The van der Waals surface area contributed by atoms with Gasteiger partial charge in [0, 0.05) is 23.7 Å². The predicted octanol–water partition coefficient (Wildman–Crippen LogP) is 2.35. The number of amides is 1. The number of carbonyl (C=O) groups is 1. The van der Waals surface area contributed by atoms with Crippen LogP contribution in [0.1, 0.15) is 47.7 Å². The molecule has 0 aromatic heterocycles. The number of aliphatic hydroxyl groups excluding tert-OH is 1. The van der Waals surface area contributed by atoms with Crippen LogP contribution in [0.25, 0.3) is 0 Å². The summed E-state index contributed by atoms with van der Waals surface area (Å²) >= 11 is 0. The van der Waals surface area contributed by atoms with E-state index in [-0.39, 0.29) is 12.5 Å². The molecule has 1 N–H and O–H groups in total. The van der Waals surface area contributed by atoms with Crippen LogP contribution in [0.3, 0.4) is 0 Å². The highest BCUT2D eigenvalue weighted by Crippen LogP contribution is 2.29. The van der Waals surface area contributed by atoms with Crippen LogP contribution in [0.4, 0.5) is 0 Å². The van der Waals surface area contributed by atoms with Crippen molar-refractivity contribution in [1.82, 2.24) is 4.90 Å². The third-order valence-corrected chi connectivity index (χ3v) is 3.49. The fraction of sp³-hybridized carbons (Fsp3) is 0.471. The summed E-state index contributed by atoms with van der Waals surface area (Å²) in [6.07, 6.45) is 3.22. The van der Waals surface area contributed by atoms with Gasteiger partial charge in [-0.05, 0) is 43.9 Å². The van der Waals surface area contributed by atoms with Gasteiger partial charge in [0.25, 0.3) is 5.91 Å². The van der Waals surface area contributed by atoms with E-state index in [0.29, 0.717) is 6.04 Å². The van der Waals surface area contributed by atoms with Crippen molar-refractivity contribution in [2.75, 3.05) is 13.2 Å². The summed E-state index contributed by atoms with van der Waals surface area (Å²) in [6.45, 7) is 4.70. The molecule has 0 aliphatic heterocycles. The maximum Gasteiger partial charge on any atom is 0.254 e. The topological polar surface area (TPSA) is 40.5 Å². The van der Waals surface area contributed by atoms with E-state index in [1.807, 2.05) is 30.0 Å². The van der Waals surface area contributed by atoms with Gasteiger partial charge in [-0.2, -0.15) is 0 Å². The molecule has 0 atom stereocenters. The van der Waals surface area contributed by atoms with Gasteiger partial charge < -0.3 is 10.0 Å². The first-order valence-electron chi connectivity index (χ1n) is 7.18. The maximum absolute atomic E-state index is 12.7. The second-order valence-corrected chi connectivity index (χ2v) is 5.22. The summed E-state index contributed by atoms with van der Waals surface area (Å²) in [5.41, 5.74) is 2.49. The van der Waals surface area contributed by atoms with Crippen molar-refractivity contribution in [2.24, 2.45) is 0 Å². The highest BCUT2D eigenvalue weighted by molar-refractivity contribution is 5.96. The average molecular weight is 271 g/mol. The van der Waals surface area contributed by atoms with E-state index >= 15 is 0 Å². The average Bonchev–Trinajstić information content (AvgIpc) is 3.27. The standard InChI is InChI=1S/C17H21NO2/c1-3-10-18(15-8-9-15)17(20)16-12-14(5-4-11-19)7-6-13(16)2/h6-7,12,15,19H,3,8-11H2,1-2H3. The molecule has 3 nitrogen and oxygen atoms in total. The molecule has 0 radical (unpaired) electrons. The molecule has 0 heterocycles. The molecule has 0 saturated heterocycles. The molecule has 0 bridgehead atoms. The van der Waals surface area contributed by atoms with Gasteiger partial charge in [-0.3, -0.25) is 4.79 Å². The molecule has 20 heavy (non-hydrogen) atoms. The van der Waals surface area contributed by atoms with E-state index < -0.39 is 0 Å². The Hall–Kier alpha value is -1.79. The predicted molar refractivity (Wildman–Crippen MR) is 79.5 cm³/mol. The van der Waals surface area contributed by atoms with Crippen LogP contribution >= 0.6 is 0 Å². The van der Waals surface area contributed by atoms with Gasteiger partial charge in [-0.1, -0.05) is 24.8 Å². The van der Waals surface area contributed by atoms with Gasteiger partial charge in [0.2, 0.25) is 0 Å². The molecule has 0 unspecified atom stereocenters. The van der Waals surface area contributed by atoms with E-state index in [9.17, 15) is 4.79 Å². The molecular weight excluding hydrogens is 250 g/mol. The highest BCUT2D eigenvalue weighted by atomic mass is 16.2. The Morgan fingerprint density at radius 3 is 2.80 bits per heavy atom. The SMILES string of the molecule is CCCN(C(=O)c1cc(C#CCO)ccc1C)C1CC1. The Morgan fingerprint density at radius 2 is 2.20 bits per heavy atom. The lowest BCUT2D eigenvalue weighted by atomic mass is 10.0. The molecule has 1 aliphatic rings. The number of benzene rings is 1. The summed E-state index contributed by atoms with van der Waals surface area (Å²) < 4.78 is 0. The van der Waals surface area contributed by atoms with Crippen LogP contribution in [0, 0.1) is 18.8 Å². The van der Waals surface area contributed by atoms with Crippen LogP contribution in [-0.4, -0.2) is 35.1 Å². The Bertz CT molecular complexity index is 550. The van der Waals surface area contributed by atoms with Crippen molar-refractivity contribution in [1.29, 1.82) is 0 Å². The summed E-state index contributed by atoms with van der Waals surface area (Å²) in [5.74, 6) is 5.59. The zero-order chi connectivity index (χ0) is 14.5. The van der Waals surface area contributed by atoms with Crippen LogP contribution in [0.15, 0.2) is 18.2 Å². The Morgan fingerprint density at radius 1 is 1.45 bits per heavy atom. The zero-order valence-electron chi connectivity index (χ0n) is 12.1. The lowest BCUT2D eigenvalue weighted by Gasteiger charge is -2.22. The Labute approximate surface area is 120 Å². The van der Waals surface area contributed by atoms with Crippen molar-refractivity contribution >= 4 is 5.91 Å². The summed E-state index contributed by atoms with van der Waals surface area (Å²) in [5, 5.41) is 8.75. The monoisotopic (exact) mass is 271 g/mol. The molecule has 1 fully saturated rings. The first kappa shape index (κ1) is 14.6. The fourth-order valence-corrected chi connectivity index (χ4v) is 2.30. The van der Waals surface area contributed by atoms with Gasteiger partial charge in [0.05, 0.1) is 0 Å². The molecule has 1 amide bonds. The van der Waals surface area contributed by atoms with Gasteiger partial charge >= 0.3 is 0 Å². The molecule has 2 rings (SSSR count). The van der Waals surface area contributed by atoms with Gasteiger partial charge in [0.1, 0.15) is 6.61 Å². The Balaban J connectivity index is 2.27. The minimum Gasteiger partial charge on any atom is -0.384 e. The van der Waals surface area contributed by atoms with Gasteiger partial charge in [-0.25, -0.2) is 0 Å². The number of rotatable bonds is 4. The highest BCUT2D eigenvalue weighted by Gasteiger charge is 2.32. The molecule has 1 aliphatic carbocycles. The van der Waals surface area contributed by atoms with Crippen molar-refractivity contribution in [3.8, 4) is 11.8 Å². The molecule has 1 saturated carbocycles. The normalized spacial score (nSPS) is 13.6. The molecule has 1 aromatic rings. The Kier molecular flexibility index (Phi) is 4.81. The van der Waals surface area contributed by atoms with E-state index in [4.69, 9.17) is 5.11 Å². The van der Waals surface area contributed by atoms with E-state index in [2.05, 4.69) is 18.8 Å². The van der Waals surface area contributed by atoms with E-state index in [1.165, 1.54) is 0 Å². The molecule has 0 spiro atoms. The van der Waals surface area contributed by atoms with Crippen LogP contribution in [0.2, 0.25) is 0 Å². The lowest BCUT2D eigenvalue weighted by Crippen LogP contribution is -2.34. The first-order chi connectivity index (χ1) is 9.67. The van der Waals surface area contributed by atoms with Crippen molar-refractivity contribution < 1.29 is 9.90 Å². The fourth-order valence-electron chi connectivity index (χ4n) is 2.30.